The second-order valence-electron chi connectivity index (χ2n) is 5.42. The second-order valence-corrected chi connectivity index (χ2v) is 5.42. The minimum atomic E-state index is -0.250. The summed E-state index contributed by atoms with van der Waals surface area (Å²) in [7, 11) is 0. The lowest BCUT2D eigenvalue weighted by Crippen LogP contribution is -1.81. The third-order valence-corrected chi connectivity index (χ3v) is 3.62. The third-order valence-electron chi connectivity index (χ3n) is 3.62. The maximum atomic E-state index is 8.36. The van der Waals surface area contributed by atoms with E-state index in [1.807, 2.05) is 0 Å². The molecule has 0 aliphatic carbocycles. The molecule has 0 aliphatic heterocycles. The number of hydrogen-bond acceptors (Lipinski definition) is 1. The first-order chi connectivity index (χ1) is 11.1. The molecule has 3 aromatic carbocycles. The monoisotopic (exact) mass is 304 g/mol. The maximum absolute atomic E-state index is 8.36. The van der Waals surface area contributed by atoms with Gasteiger partial charge in [0.05, 0.1) is 0 Å². The zero-order valence-electron chi connectivity index (χ0n) is 13.4. The maximum Gasteiger partial charge on any atom is 0.290 e. The van der Waals surface area contributed by atoms with Crippen LogP contribution in [-0.4, -0.2) is 11.6 Å². The Bertz CT molecular complexity index is 757. The molecular formula is C21H20O2. The molecule has 0 spiro atoms. The topological polar surface area (TPSA) is 37.3 Å². The Morgan fingerprint density at radius 1 is 0.652 bits per heavy atom. The van der Waals surface area contributed by atoms with Crippen molar-refractivity contribution >= 4 is 6.47 Å². The van der Waals surface area contributed by atoms with E-state index in [2.05, 4.69) is 86.6 Å². The first-order valence-electron chi connectivity index (χ1n) is 7.46. The lowest BCUT2D eigenvalue weighted by Gasteiger charge is -2.06. The summed E-state index contributed by atoms with van der Waals surface area (Å²) in [5.74, 6) is 0. The molecule has 116 valence electrons. The van der Waals surface area contributed by atoms with E-state index >= 15 is 0 Å². The normalized spacial score (nSPS) is 9.65. The summed E-state index contributed by atoms with van der Waals surface area (Å²) in [6.07, 6.45) is 0. The Balaban J connectivity index is 0.000000595. The number of carboxylic acid groups (broad SMARTS) is 1. The predicted octanol–water partition coefficient (Wildman–Crippen LogP) is 5.34. The molecule has 0 aromatic heterocycles. The molecule has 0 atom stereocenters. The predicted molar refractivity (Wildman–Crippen MR) is 95.5 cm³/mol. The van der Waals surface area contributed by atoms with Crippen molar-refractivity contribution in [1.82, 2.24) is 0 Å². The molecule has 3 aromatic rings. The number of rotatable bonds is 2. The highest BCUT2D eigenvalue weighted by Crippen LogP contribution is 2.25. The molecular weight excluding hydrogens is 284 g/mol. The van der Waals surface area contributed by atoms with Crippen LogP contribution in [0.4, 0.5) is 0 Å². The third kappa shape index (κ3) is 4.55. The molecule has 0 saturated carbocycles. The van der Waals surface area contributed by atoms with Crippen LogP contribution in [0.25, 0.3) is 22.3 Å². The van der Waals surface area contributed by atoms with Gasteiger partial charge in [-0.05, 0) is 36.1 Å². The van der Waals surface area contributed by atoms with Gasteiger partial charge in [0.1, 0.15) is 0 Å². The van der Waals surface area contributed by atoms with Gasteiger partial charge in [-0.2, -0.15) is 0 Å². The first kappa shape index (κ1) is 16.5. The van der Waals surface area contributed by atoms with Crippen LogP contribution >= 0.6 is 0 Å². The Hall–Kier alpha value is -2.87. The van der Waals surface area contributed by atoms with Gasteiger partial charge in [-0.3, -0.25) is 4.79 Å². The van der Waals surface area contributed by atoms with Gasteiger partial charge in [0.2, 0.25) is 0 Å². The zero-order valence-corrected chi connectivity index (χ0v) is 13.4. The lowest BCUT2D eigenvalue weighted by molar-refractivity contribution is -0.122. The molecule has 0 saturated heterocycles. The molecule has 1 N–H and O–H groups in total. The summed E-state index contributed by atoms with van der Waals surface area (Å²) in [6, 6.07) is 26.1. The van der Waals surface area contributed by atoms with Gasteiger partial charge in [-0.1, -0.05) is 83.9 Å². The van der Waals surface area contributed by atoms with Crippen molar-refractivity contribution in [3.8, 4) is 22.3 Å². The minimum absolute atomic E-state index is 0.250. The second kappa shape index (κ2) is 7.95. The summed E-state index contributed by atoms with van der Waals surface area (Å²) in [6.45, 7) is 3.99. The molecule has 2 nitrogen and oxygen atoms in total. The van der Waals surface area contributed by atoms with Crippen molar-refractivity contribution < 1.29 is 9.90 Å². The standard InChI is InChI=1S/C20H18.CH2O2/c1-15-6-8-17(9-7-15)18-10-12-19(13-11-18)20-5-3-4-16(2)14-20;2-1-3/h3-14H,1-2H3;1H,(H,2,3). The quantitative estimate of drug-likeness (QED) is 0.649. The van der Waals surface area contributed by atoms with Gasteiger partial charge < -0.3 is 5.11 Å². The lowest BCUT2D eigenvalue weighted by atomic mass is 9.99. The molecule has 0 radical (unpaired) electrons. The van der Waals surface area contributed by atoms with E-state index in [9.17, 15) is 0 Å². The molecule has 0 unspecified atom stereocenters. The molecule has 0 heterocycles. The molecule has 0 bridgehead atoms. The van der Waals surface area contributed by atoms with Gasteiger partial charge in [-0.25, -0.2) is 0 Å². The number of carbonyl (C=O) groups is 1. The Morgan fingerprint density at radius 2 is 1.09 bits per heavy atom. The Morgan fingerprint density at radius 3 is 1.57 bits per heavy atom. The van der Waals surface area contributed by atoms with Gasteiger partial charge in [-0.15, -0.1) is 0 Å². The molecule has 3 rings (SSSR count). The summed E-state index contributed by atoms with van der Waals surface area (Å²) < 4.78 is 0. The van der Waals surface area contributed by atoms with Crippen molar-refractivity contribution in [2.75, 3.05) is 0 Å². The van der Waals surface area contributed by atoms with Crippen molar-refractivity contribution in [3.05, 3.63) is 83.9 Å². The number of hydrogen-bond donors (Lipinski definition) is 1. The smallest absolute Gasteiger partial charge is 0.290 e. The Kier molecular flexibility index (Phi) is 5.70. The van der Waals surface area contributed by atoms with Crippen LogP contribution in [0.15, 0.2) is 72.8 Å². The van der Waals surface area contributed by atoms with Crippen LogP contribution in [-0.2, 0) is 4.79 Å². The molecule has 23 heavy (non-hydrogen) atoms. The van der Waals surface area contributed by atoms with Gasteiger partial charge in [0.15, 0.2) is 0 Å². The van der Waals surface area contributed by atoms with Crippen LogP contribution in [0, 0.1) is 13.8 Å². The van der Waals surface area contributed by atoms with Crippen molar-refractivity contribution in [2.24, 2.45) is 0 Å². The fourth-order valence-corrected chi connectivity index (χ4v) is 2.43. The largest absolute Gasteiger partial charge is 0.483 e. The molecule has 0 aliphatic rings. The van der Waals surface area contributed by atoms with E-state index in [0.29, 0.717) is 0 Å². The highest BCUT2D eigenvalue weighted by atomic mass is 16.3. The van der Waals surface area contributed by atoms with E-state index in [-0.39, 0.29) is 6.47 Å². The highest BCUT2D eigenvalue weighted by Gasteiger charge is 2.00. The minimum Gasteiger partial charge on any atom is -0.483 e. The average Bonchev–Trinajstić information content (AvgIpc) is 2.56. The summed E-state index contributed by atoms with van der Waals surface area (Å²) >= 11 is 0. The molecule has 0 fully saturated rings. The summed E-state index contributed by atoms with van der Waals surface area (Å²) in [5, 5.41) is 6.89. The summed E-state index contributed by atoms with van der Waals surface area (Å²) in [4.78, 5) is 8.36. The van der Waals surface area contributed by atoms with E-state index in [1.165, 1.54) is 33.4 Å². The van der Waals surface area contributed by atoms with Crippen molar-refractivity contribution in [2.45, 2.75) is 13.8 Å². The summed E-state index contributed by atoms with van der Waals surface area (Å²) in [5.41, 5.74) is 7.67. The van der Waals surface area contributed by atoms with Gasteiger partial charge in [0.25, 0.3) is 6.47 Å². The first-order valence-corrected chi connectivity index (χ1v) is 7.46. The molecule has 2 heteroatoms. The van der Waals surface area contributed by atoms with E-state index < -0.39 is 0 Å². The van der Waals surface area contributed by atoms with Crippen LogP contribution in [0.2, 0.25) is 0 Å². The highest BCUT2D eigenvalue weighted by molar-refractivity contribution is 5.70. The van der Waals surface area contributed by atoms with Crippen molar-refractivity contribution in [3.63, 3.8) is 0 Å². The number of benzene rings is 3. The fraction of sp³-hybridized carbons (Fsp3) is 0.0952. The van der Waals surface area contributed by atoms with E-state index in [4.69, 9.17) is 9.90 Å². The average molecular weight is 304 g/mol. The number of aryl methyl sites for hydroxylation is 2. The van der Waals surface area contributed by atoms with Crippen LogP contribution in [0.5, 0.6) is 0 Å². The fourth-order valence-electron chi connectivity index (χ4n) is 2.43. The van der Waals surface area contributed by atoms with Crippen LogP contribution < -0.4 is 0 Å². The zero-order chi connectivity index (χ0) is 16.7. The Labute approximate surface area is 137 Å². The molecule has 0 amide bonds. The van der Waals surface area contributed by atoms with E-state index in [1.54, 1.807) is 0 Å². The van der Waals surface area contributed by atoms with Crippen molar-refractivity contribution in [1.29, 1.82) is 0 Å². The van der Waals surface area contributed by atoms with Gasteiger partial charge >= 0.3 is 0 Å². The van der Waals surface area contributed by atoms with E-state index in [0.717, 1.165) is 0 Å². The van der Waals surface area contributed by atoms with Crippen LogP contribution in [0.3, 0.4) is 0 Å². The van der Waals surface area contributed by atoms with Crippen LogP contribution in [0.1, 0.15) is 11.1 Å². The SMILES string of the molecule is Cc1ccc(-c2ccc(-c3cccc(C)c3)cc2)cc1.O=CO. The van der Waals surface area contributed by atoms with Gasteiger partial charge in [0, 0.05) is 0 Å².